The quantitative estimate of drug-likeness (QED) is 0.272. The number of hydrogen-bond acceptors (Lipinski definition) is 15. The van der Waals surface area contributed by atoms with Crippen molar-refractivity contribution in [3.63, 3.8) is 0 Å². The van der Waals surface area contributed by atoms with E-state index in [1.807, 2.05) is 0 Å². The van der Waals surface area contributed by atoms with Crippen molar-refractivity contribution in [2.24, 2.45) is 0 Å². The van der Waals surface area contributed by atoms with Crippen molar-refractivity contribution in [2.45, 2.75) is 24.5 Å². The van der Waals surface area contributed by atoms with Crippen LogP contribution in [0.5, 0.6) is 0 Å². The predicted octanol–water partition coefficient (Wildman–Crippen LogP) is -0.609. The van der Waals surface area contributed by atoms with E-state index in [0.29, 0.717) is 0 Å². The van der Waals surface area contributed by atoms with Gasteiger partial charge in [-0.3, -0.25) is 18.1 Å². The Kier molecular flexibility index (Phi) is 6.28. The second kappa shape index (κ2) is 8.45. The largest absolute Gasteiger partial charge is 0.492 e. The maximum atomic E-state index is 12.6. The number of phosphoric acid groups is 3. The van der Waals surface area contributed by atoms with Crippen LogP contribution in [0.15, 0.2) is 12.7 Å². The van der Waals surface area contributed by atoms with Crippen molar-refractivity contribution in [2.75, 3.05) is 19.1 Å². The molecule has 6 N–H and O–H groups in total. The van der Waals surface area contributed by atoms with Gasteiger partial charge in [-0.25, -0.2) is 28.6 Å². The van der Waals surface area contributed by atoms with Crippen molar-refractivity contribution >= 4 is 40.4 Å². The molecule has 5 atom stereocenters. The van der Waals surface area contributed by atoms with E-state index in [0.717, 1.165) is 6.33 Å². The molecule has 0 amide bonds. The Morgan fingerprint density at radius 3 is 2.56 bits per heavy atom. The lowest BCUT2D eigenvalue weighted by atomic mass is 10.1. The highest BCUT2D eigenvalue weighted by molar-refractivity contribution is 7.67. The number of fused-ring (bicyclic) bond motifs is 1. The minimum atomic E-state index is -5.47. The molecule has 2 aliphatic heterocycles. The summed E-state index contributed by atoms with van der Waals surface area (Å²) in [5, 5.41) is 20.7. The zero-order valence-corrected chi connectivity index (χ0v) is 18.2. The van der Waals surface area contributed by atoms with Gasteiger partial charge in [0, 0.05) is 0 Å². The molecule has 32 heavy (non-hydrogen) atoms. The number of rotatable bonds is 8. The standard InChI is InChI=1S/C11H16N5O13P3/c12-9-6-10(14-2-13-9)16(3-15-6)11-8(18)7(17)5(27-11)1-24-32(23,28-30(19,20)21)29-31(22)25-4-26-31/h2-3,5,7-8,11,17-18H,1,4H2,(H2,12,13,14)(H2,19,20,21)/t5-,7-,8-,11-,32?/m1/s1. The molecule has 1 unspecified atom stereocenters. The second-order valence-electron chi connectivity index (χ2n) is 6.35. The number of aliphatic hydroxyl groups is 2. The minimum absolute atomic E-state index is 0.0599. The molecule has 2 fully saturated rings. The van der Waals surface area contributed by atoms with E-state index < -0.39 is 61.4 Å². The number of nitrogens with two attached hydrogens (primary N) is 1. The number of aromatic nitrogens is 4. The van der Waals surface area contributed by atoms with Gasteiger partial charge >= 0.3 is 23.5 Å². The normalized spacial score (nSPS) is 29.6. The molecule has 2 saturated heterocycles. The number of nitrogens with zero attached hydrogens (tertiary/aromatic N) is 4. The zero-order chi connectivity index (χ0) is 23.3. The van der Waals surface area contributed by atoms with Crippen LogP contribution < -0.4 is 5.73 Å². The highest BCUT2D eigenvalue weighted by Gasteiger charge is 2.51. The number of aliphatic hydroxyl groups excluding tert-OH is 2. The summed E-state index contributed by atoms with van der Waals surface area (Å²) < 4.78 is 64.3. The van der Waals surface area contributed by atoms with Crippen LogP contribution in [0.4, 0.5) is 5.82 Å². The molecule has 0 aromatic carbocycles. The Morgan fingerprint density at radius 1 is 1.22 bits per heavy atom. The van der Waals surface area contributed by atoms with Crippen LogP contribution in [0.1, 0.15) is 6.23 Å². The van der Waals surface area contributed by atoms with Gasteiger partial charge in [-0.05, 0) is 0 Å². The van der Waals surface area contributed by atoms with Crippen molar-refractivity contribution in [3.8, 4) is 0 Å². The maximum absolute atomic E-state index is 12.6. The van der Waals surface area contributed by atoms with E-state index in [4.69, 9.17) is 24.8 Å². The van der Waals surface area contributed by atoms with Crippen LogP contribution in [0.2, 0.25) is 0 Å². The fourth-order valence-corrected chi connectivity index (χ4v) is 6.59. The lowest BCUT2D eigenvalue weighted by Gasteiger charge is -2.28. The summed E-state index contributed by atoms with van der Waals surface area (Å²) >= 11 is 0. The van der Waals surface area contributed by atoms with Crippen LogP contribution in [-0.2, 0) is 40.6 Å². The van der Waals surface area contributed by atoms with Crippen molar-refractivity contribution < 1.29 is 60.6 Å². The van der Waals surface area contributed by atoms with E-state index in [2.05, 4.69) is 32.6 Å². The lowest BCUT2D eigenvalue weighted by Crippen LogP contribution is -2.33. The molecule has 0 saturated carbocycles. The molecule has 2 aliphatic rings. The Balaban J connectivity index is 1.51. The first-order valence-corrected chi connectivity index (χ1v) is 12.9. The molecule has 18 nitrogen and oxygen atoms in total. The topological polar surface area (TPSA) is 257 Å². The SMILES string of the molecule is Nc1ncnc2c1ncn2[C@@H]1O[C@H](COP(=O)(OP(=O)(O)O)OP2(=O)OCO2)[C@@H](O)[C@H]1O. The molecule has 2 aromatic heterocycles. The van der Waals surface area contributed by atoms with Crippen LogP contribution in [0, 0.1) is 0 Å². The van der Waals surface area contributed by atoms with Gasteiger partial charge in [0.15, 0.2) is 24.5 Å². The monoisotopic (exact) mass is 519 g/mol. The summed E-state index contributed by atoms with van der Waals surface area (Å²) in [5.41, 5.74) is 6.08. The van der Waals surface area contributed by atoms with Crippen molar-refractivity contribution in [1.29, 1.82) is 0 Å². The van der Waals surface area contributed by atoms with E-state index in [-0.39, 0.29) is 17.0 Å². The van der Waals surface area contributed by atoms with Gasteiger partial charge in [0.2, 0.25) is 0 Å². The first kappa shape index (κ1) is 23.8. The summed E-state index contributed by atoms with van der Waals surface area (Å²) in [7, 11) is -15.1. The molecular weight excluding hydrogens is 503 g/mol. The molecule has 0 aliphatic carbocycles. The van der Waals surface area contributed by atoms with Gasteiger partial charge in [0.25, 0.3) is 0 Å². The molecular formula is C11H16N5O13P3. The summed E-state index contributed by atoms with van der Waals surface area (Å²) in [6.45, 7) is -1.38. The molecule has 4 heterocycles. The fourth-order valence-electron chi connectivity index (χ4n) is 2.82. The van der Waals surface area contributed by atoms with E-state index >= 15 is 0 Å². The summed E-state index contributed by atoms with van der Waals surface area (Å²) in [4.78, 5) is 29.7. The van der Waals surface area contributed by atoms with Gasteiger partial charge in [0.05, 0.1) is 12.9 Å². The Labute approximate surface area is 177 Å². The Morgan fingerprint density at radius 2 is 1.94 bits per heavy atom. The van der Waals surface area contributed by atoms with Crippen molar-refractivity contribution in [3.05, 3.63) is 12.7 Å². The van der Waals surface area contributed by atoms with E-state index in [1.165, 1.54) is 10.9 Å². The van der Waals surface area contributed by atoms with Gasteiger partial charge in [-0.2, -0.15) is 8.62 Å². The number of ether oxygens (including phenoxy) is 1. The molecule has 2 aromatic rings. The van der Waals surface area contributed by atoms with E-state index in [9.17, 15) is 23.9 Å². The third-order valence-electron chi connectivity index (χ3n) is 4.22. The molecule has 0 bridgehead atoms. The number of hydrogen-bond donors (Lipinski definition) is 5. The predicted molar refractivity (Wildman–Crippen MR) is 98.1 cm³/mol. The average molecular weight is 519 g/mol. The third-order valence-corrected chi connectivity index (χ3v) is 8.78. The summed E-state index contributed by atoms with van der Waals surface area (Å²) in [5.74, 6) is 0.0599. The smallest absolute Gasteiger partial charge is 0.387 e. The second-order valence-corrected chi connectivity index (χ2v) is 11.2. The minimum Gasteiger partial charge on any atom is -0.387 e. The lowest BCUT2D eigenvalue weighted by molar-refractivity contribution is -0.0537. The number of imidazole rings is 1. The highest BCUT2D eigenvalue weighted by atomic mass is 31.3. The number of anilines is 1. The maximum Gasteiger partial charge on any atom is 0.492 e. The number of phosphoric ester groups is 1. The van der Waals surface area contributed by atoms with Gasteiger partial charge in [-0.1, -0.05) is 0 Å². The van der Waals surface area contributed by atoms with Crippen LogP contribution in [-0.4, -0.2) is 71.2 Å². The Hall–Kier alpha value is -1.36. The van der Waals surface area contributed by atoms with Crippen LogP contribution in [0.25, 0.3) is 11.2 Å². The first-order chi connectivity index (χ1) is 14.9. The van der Waals surface area contributed by atoms with Gasteiger partial charge in [0.1, 0.15) is 30.2 Å². The van der Waals surface area contributed by atoms with Crippen molar-refractivity contribution in [1.82, 2.24) is 19.5 Å². The fraction of sp³-hybridized carbons (Fsp3) is 0.545. The molecule has 4 rings (SSSR count). The first-order valence-electron chi connectivity index (χ1n) is 8.46. The molecule has 0 spiro atoms. The molecule has 21 heteroatoms. The van der Waals surface area contributed by atoms with Crippen LogP contribution in [0.3, 0.4) is 0 Å². The molecule has 0 radical (unpaired) electrons. The Bertz CT molecular complexity index is 1150. The van der Waals surface area contributed by atoms with Gasteiger partial charge in [-0.15, -0.1) is 0 Å². The molecule has 178 valence electrons. The van der Waals surface area contributed by atoms with E-state index in [1.54, 1.807) is 0 Å². The average Bonchev–Trinajstić information content (AvgIpc) is 3.20. The zero-order valence-electron chi connectivity index (χ0n) is 15.5. The number of nitrogen functional groups attached to an aromatic ring is 1. The van der Waals surface area contributed by atoms with Gasteiger partial charge < -0.3 is 30.5 Å². The van der Waals surface area contributed by atoms with Crippen LogP contribution >= 0.6 is 23.5 Å². The highest BCUT2D eigenvalue weighted by Crippen LogP contribution is 2.73. The summed E-state index contributed by atoms with van der Waals surface area (Å²) in [6, 6.07) is 0. The third kappa shape index (κ3) is 4.78. The summed E-state index contributed by atoms with van der Waals surface area (Å²) in [6.07, 6.45) is -3.54.